The van der Waals surface area contributed by atoms with E-state index in [1.54, 1.807) is 37.3 Å². The SMILES string of the molecule is Cc1nn(C2CCC(Cl)C(Cl)C2)c(O)c1N=Nc1cccc(-c2cccc(C(=O)O)c2)c1O. The van der Waals surface area contributed by atoms with E-state index in [4.69, 9.17) is 23.2 Å². The van der Waals surface area contributed by atoms with Crippen LogP contribution in [0.5, 0.6) is 11.6 Å². The lowest BCUT2D eigenvalue weighted by Gasteiger charge is -2.29. The highest BCUT2D eigenvalue weighted by Gasteiger charge is 2.31. The number of hydrogen-bond acceptors (Lipinski definition) is 6. The van der Waals surface area contributed by atoms with Crippen LogP contribution in [0.15, 0.2) is 52.7 Å². The van der Waals surface area contributed by atoms with Gasteiger partial charge in [-0.3, -0.25) is 0 Å². The lowest BCUT2D eigenvalue weighted by molar-refractivity contribution is 0.0697. The zero-order valence-corrected chi connectivity index (χ0v) is 19.2. The summed E-state index contributed by atoms with van der Waals surface area (Å²) in [4.78, 5) is 11.3. The number of nitrogens with zero attached hydrogens (tertiary/aromatic N) is 4. The maximum absolute atomic E-state index is 11.3. The van der Waals surface area contributed by atoms with Crippen molar-refractivity contribution in [2.24, 2.45) is 10.2 Å². The van der Waals surface area contributed by atoms with Crippen molar-refractivity contribution in [3.8, 4) is 22.8 Å². The van der Waals surface area contributed by atoms with Gasteiger partial charge in [-0.25, -0.2) is 9.48 Å². The number of carbonyl (C=O) groups is 1. The molecule has 3 aromatic rings. The van der Waals surface area contributed by atoms with E-state index in [-0.39, 0.29) is 45.4 Å². The van der Waals surface area contributed by atoms with E-state index in [1.807, 2.05) is 0 Å². The Morgan fingerprint density at radius 1 is 1.09 bits per heavy atom. The molecule has 3 N–H and O–H groups in total. The van der Waals surface area contributed by atoms with Gasteiger partial charge in [0.2, 0.25) is 5.88 Å². The molecule has 10 heteroatoms. The van der Waals surface area contributed by atoms with E-state index in [2.05, 4.69) is 15.3 Å². The highest BCUT2D eigenvalue weighted by atomic mass is 35.5. The molecule has 0 saturated heterocycles. The van der Waals surface area contributed by atoms with Gasteiger partial charge in [0, 0.05) is 5.56 Å². The number of para-hydroxylation sites is 1. The summed E-state index contributed by atoms with van der Waals surface area (Å²) < 4.78 is 1.51. The van der Waals surface area contributed by atoms with Crippen LogP contribution in [0.2, 0.25) is 0 Å². The maximum Gasteiger partial charge on any atom is 0.335 e. The summed E-state index contributed by atoms with van der Waals surface area (Å²) in [6.45, 7) is 1.71. The molecule has 1 aliphatic rings. The first-order valence-electron chi connectivity index (χ1n) is 10.4. The number of alkyl halides is 2. The summed E-state index contributed by atoms with van der Waals surface area (Å²) in [6.07, 6.45) is 2.04. The molecule has 0 bridgehead atoms. The smallest absolute Gasteiger partial charge is 0.335 e. The minimum absolute atomic E-state index is 0.0941. The number of phenols is 1. The molecule has 3 atom stereocenters. The second kappa shape index (κ2) is 9.41. The molecular formula is C23H22Cl2N4O4. The second-order valence-corrected chi connectivity index (χ2v) is 9.08. The molecule has 2 aromatic carbocycles. The van der Waals surface area contributed by atoms with E-state index in [1.165, 1.54) is 16.8 Å². The van der Waals surface area contributed by atoms with Crippen molar-refractivity contribution in [1.82, 2.24) is 9.78 Å². The van der Waals surface area contributed by atoms with Gasteiger partial charge in [0.15, 0.2) is 11.4 Å². The van der Waals surface area contributed by atoms with Crippen LogP contribution in [0.1, 0.15) is 41.4 Å². The Kier molecular flexibility index (Phi) is 6.58. The highest BCUT2D eigenvalue weighted by Crippen LogP contribution is 2.42. The molecular weight excluding hydrogens is 467 g/mol. The monoisotopic (exact) mass is 488 g/mol. The molecule has 1 saturated carbocycles. The van der Waals surface area contributed by atoms with Crippen molar-refractivity contribution < 1.29 is 20.1 Å². The number of aromatic nitrogens is 2. The number of carboxylic acids is 1. The maximum atomic E-state index is 11.3. The van der Waals surface area contributed by atoms with E-state index in [0.717, 1.165) is 12.8 Å². The molecule has 8 nitrogen and oxygen atoms in total. The summed E-state index contributed by atoms with van der Waals surface area (Å²) in [5, 5.41) is 43.1. The molecule has 33 heavy (non-hydrogen) atoms. The molecule has 1 aliphatic carbocycles. The molecule has 0 amide bonds. The zero-order chi connectivity index (χ0) is 23.7. The first-order chi connectivity index (χ1) is 15.8. The Bertz CT molecular complexity index is 1230. The van der Waals surface area contributed by atoms with Crippen LogP contribution in [0.4, 0.5) is 11.4 Å². The van der Waals surface area contributed by atoms with Crippen molar-refractivity contribution in [3.63, 3.8) is 0 Å². The van der Waals surface area contributed by atoms with E-state index >= 15 is 0 Å². The predicted octanol–water partition coefficient (Wildman–Crippen LogP) is 6.32. The summed E-state index contributed by atoms with van der Waals surface area (Å²) in [7, 11) is 0. The standard InChI is InChI=1S/C23H22Cl2N4O4/c1-12-20(22(31)29(28-12)15-8-9-17(24)18(25)11-15)27-26-19-7-3-6-16(21(19)30)13-4-2-5-14(10-13)23(32)33/h2-7,10,15,17-18,30-31H,8-9,11H2,1H3,(H,32,33). The van der Waals surface area contributed by atoms with Gasteiger partial charge < -0.3 is 15.3 Å². The van der Waals surface area contributed by atoms with Gasteiger partial charge in [0.1, 0.15) is 5.69 Å². The van der Waals surface area contributed by atoms with Crippen LogP contribution in [-0.4, -0.2) is 41.8 Å². The van der Waals surface area contributed by atoms with Crippen LogP contribution < -0.4 is 0 Å². The van der Waals surface area contributed by atoms with Crippen LogP contribution in [0.25, 0.3) is 11.1 Å². The van der Waals surface area contributed by atoms with Gasteiger partial charge in [-0.2, -0.15) is 5.10 Å². The van der Waals surface area contributed by atoms with Crippen LogP contribution in [-0.2, 0) is 0 Å². The fourth-order valence-electron chi connectivity index (χ4n) is 3.95. The topological polar surface area (TPSA) is 120 Å². The second-order valence-electron chi connectivity index (χ2n) is 7.96. The van der Waals surface area contributed by atoms with Gasteiger partial charge in [-0.05, 0) is 49.9 Å². The summed E-state index contributed by atoms with van der Waals surface area (Å²) in [5.74, 6) is -1.34. The number of phenolic OH excluding ortho intramolecular Hbond substituents is 1. The van der Waals surface area contributed by atoms with Crippen LogP contribution in [0, 0.1) is 6.92 Å². The summed E-state index contributed by atoms with van der Waals surface area (Å²) >= 11 is 12.5. The molecule has 1 aromatic heterocycles. The molecule has 1 fully saturated rings. The van der Waals surface area contributed by atoms with Gasteiger partial charge in [-0.1, -0.05) is 24.3 Å². The Morgan fingerprint density at radius 2 is 1.85 bits per heavy atom. The van der Waals surface area contributed by atoms with Crippen molar-refractivity contribution in [1.29, 1.82) is 0 Å². The third-order valence-electron chi connectivity index (χ3n) is 5.73. The third kappa shape index (κ3) is 4.67. The summed E-state index contributed by atoms with van der Waals surface area (Å²) in [6, 6.07) is 11.1. The van der Waals surface area contributed by atoms with Crippen molar-refractivity contribution >= 4 is 40.5 Å². The third-order valence-corrected chi connectivity index (χ3v) is 6.87. The zero-order valence-electron chi connectivity index (χ0n) is 17.7. The van der Waals surface area contributed by atoms with E-state index < -0.39 is 5.97 Å². The van der Waals surface area contributed by atoms with E-state index in [0.29, 0.717) is 23.2 Å². The average molecular weight is 489 g/mol. The van der Waals surface area contributed by atoms with Gasteiger partial charge in [0.25, 0.3) is 0 Å². The van der Waals surface area contributed by atoms with Crippen molar-refractivity contribution in [2.45, 2.75) is 43.0 Å². The lowest BCUT2D eigenvalue weighted by atomic mass is 9.95. The van der Waals surface area contributed by atoms with Gasteiger partial charge in [0.05, 0.1) is 28.1 Å². The highest BCUT2D eigenvalue weighted by molar-refractivity contribution is 6.30. The van der Waals surface area contributed by atoms with E-state index in [9.17, 15) is 20.1 Å². The number of halogens is 2. The fraction of sp³-hybridized carbons (Fsp3) is 0.304. The average Bonchev–Trinajstić information content (AvgIpc) is 3.08. The fourth-order valence-corrected chi connectivity index (χ4v) is 4.51. The van der Waals surface area contributed by atoms with Crippen LogP contribution >= 0.6 is 23.2 Å². The minimum atomic E-state index is -1.06. The number of aromatic hydroxyl groups is 2. The van der Waals surface area contributed by atoms with Gasteiger partial charge >= 0.3 is 5.97 Å². The number of azo groups is 1. The Labute approximate surface area is 200 Å². The number of carboxylic acid groups (broad SMARTS) is 1. The first kappa shape index (κ1) is 23.1. The first-order valence-corrected chi connectivity index (χ1v) is 11.3. The van der Waals surface area contributed by atoms with Crippen molar-refractivity contribution in [2.75, 3.05) is 0 Å². The number of aromatic carboxylic acids is 1. The molecule has 0 radical (unpaired) electrons. The number of rotatable bonds is 5. The van der Waals surface area contributed by atoms with Crippen molar-refractivity contribution in [3.05, 3.63) is 53.7 Å². The molecule has 0 spiro atoms. The number of hydrogen-bond donors (Lipinski definition) is 3. The largest absolute Gasteiger partial charge is 0.505 e. The predicted molar refractivity (Wildman–Crippen MR) is 125 cm³/mol. The Balaban J connectivity index is 1.63. The molecule has 172 valence electrons. The molecule has 4 rings (SSSR count). The Morgan fingerprint density at radius 3 is 2.58 bits per heavy atom. The quantitative estimate of drug-likeness (QED) is 0.286. The Hall–Kier alpha value is -3.10. The number of aryl methyl sites for hydroxylation is 1. The molecule has 0 aliphatic heterocycles. The normalized spacial score (nSPS) is 20.9. The lowest BCUT2D eigenvalue weighted by Crippen LogP contribution is -2.28. The summed E-state index contributed by atoms with van der Waals surface area (Å²) in [5.41, 5.74) is 1.91. The minimum Gasteiger partial charge on any atom is -0.505 e. The van der Waals surface area contributed by atoms with Gasteiger partial charge in [-0.15, -0.1) is 33.4 Å². The molecule has 1 heterocycles. The van der Waals surface area contributed by atoms with Crippen LogP contribution in [0.3, 0.4) is 0 Å². The molecule has 3 unspecified atom stereocenters. The number of benzene rings is 2.